The lowest BCUT2D eigenvalue weighted by molar-refractivity contribution is 0.0978. The maximum atomic E-state index is 13.4. The summed E-state index contributed by atoms with van der Waals surface area (Å²) in [5.74, 6) is -0.0825. The second-order valence-corrected chi connectivity index (χ2v) is 8.40. The standard InChI is InChI=1S/C22H31N5OS.ClH/c1-7-25(8-2)10-11-26(21(28)18-14-17(6)27(9-3)24-18)22-23-20-16(5)12-15(4)13-19(20)29-22;/h12-14H,7-11H2,1-6H3;1H. The summed E-state index contributed by atoms with van der Waals surface area (Å²) in [6.07, 6.45) is 0. The van der Waals surface area contributed by atoms with E-state index in [1.165, 1.54) is 5.56 Å². The zero-order chi connectivity index (χ0) is 21.1. The Balaban J connectivity index is 0.00000320. The molecule has 0 saturated carbocycles. The summed E-state index contributed by atoms with van der Waals surface area (Å²) >= 11 is 1.58. The Bertz CT molecular complexity index is 1010. The van der Waals surface area contributed by atoms with Crippen LogP contribution in [0.2, 0.25) is 0 Å². The van der Waals surface area contributed by atoms with Gasteiger partial charge in [0.25, 0.3) is 5.91 Å². The molecular weight excluding hydrogens is 418 g/mol. The minimum absolute atomic E-state index is 0. The third kappa shape index (κ3) is 5.02. The Hall–Kier alpha value is -1.96. The first-order valence-corrected chi connectivity index (χ1v) is 11.2. The number of carbonyl (C=O) groups excluding carboxylic acids is 1. The maximum absolute atomic E-state index is 13.4. The summed E-state index contributed by atoms with van der Waals surface area (Å²) in [5.41, 5.74) is 4.81. The van der Waals surface area contributed by atoms with E-state index in [1.54, 1.807) is 16.2 Å². The number of amides is 1. The molecule has 3 aromatic rings. The van der Waals surface area contributed by atoms with E-state index >= 15 is 0 Å². The van der Waals surface area contributed by atoms with Gasteiger partial charge in [0.15, 0.2) is 10.8 Å². The minimum Gasteiger partial charge on any atom is -0.302 e. The number of halogens is 1. The molecule has 8 heteroatoms. The summed E-state index contributed by atoms with van der Waals surface area (Å²) in [4.78, 5) is 22.4. The minimum atomic E-state index is -0.0825. The molecule has 0 fully saturated rings. The predicted molar refractivity (Wildman–Crippen MR) is 128 cm³/mol. The molecule has 0 radical (unpaired) electrons. The lowest BCUT2D eigenvalue weighted by Gasteiger charge is -2.24. The Morgan fingerprint density at radius 3 is 2.37 bits per heavy atom. The van der Waals surface area contributed by atoms with Gasteiger partial charge in [-0.3, -0.25) is 14.4 Å². The van der Waals surface area contributed by atoms with Crippen molar-refractivity contribution in [2.45, 2.75) is 48.1 Å². The highest BCUT2D eigenvalue weighted by atomic mass is 35.5. The van der Waals surface area contributed by atoms with Crippen molar-refractivity contribution in [2.75, 3.05) is 31.1 Å². The molecule has 164 valence electrons. The zero-order valence-corrected chi connectivity index (χ0v) is 20.4. The number of aromatic nitrogens is 3. The Morgan fingerprint density at radius 1 is 1.07 bits per heavy atom. The molecule has 3 rings (SSSR count). The number of carbonyl (C=O) groups is 1. The van der Waals surface area contributed by atoms with Gasteiger partial charge < -0.3 is 4.90 Å². The van der Waals surface area contributed by atoms with Crippen molar-refractivity contribution in [1.82, 2.24) is 19.7 Å². The van der Waals surface area contributed by atoms with Crippen molar-refractivity contribution in [1.29, 1.82) is 0 Å². The van der Waals surface area contributed by atoms with Crippen LogP contribution in [0.3, 0.4) is 0 Å². The topological polar surface area (TPSA) is 54.3 Å². The van der Waals surface area contributed by atoms with E-state index in [4.69, 9.17) is 4.98 Å². The molecule has 6 nitrogen and oxygen atoms in total. The van der Waals surface area contributed by atoms with E-state index in [0.717, 1.165) is 52.8 Å². The summed E-state index contributed by atoms with van der Waals surface area (Å²) in [5, 5.41) is 5.26. The van der Waals surface area contributed by atoms with Crippen LogP contribution in [-0.2, 0) is 6.54 Å². The number of thiazole rings is 1. The van der Waals surface area contributed by atoms with E-state index in [0.29, 0.717) is 12.2 Å². The number of aryl methyl sites for hydroxylation is 4. The molecular formula is C22H32ClN5OS. The molecule has 1 aromatic carbocycles. The molecule has 0 spiro atoms. The van der Waals surface area contributed by atoms with Crippen LogP contribution in [0.25, 0.3) is 10.2 Å². The highest BCUT2D eigenvalue weighted by Gasteiger charge is 2.24. The lowest BCUT2D eigenvalue weighted by atomic mass is 10.1. The molecule has 1 amide bonds. The average molecular weight is 450 g/mol. The lowest BCUT2D eigenvalue weighted by Crippen LogP contribution is -2.39. The maximum Gasteiger partial charge on any atom is 0.280 e. The van der Waals surface area contributed by atoms with Gasteiger partial charge in [0.05, 0.1) is 10.2 Å². The Labute approximate surface area is 189 Å². The van der Waals surface area contributed by atoms with Gasteiger partial charge in [-0.1, -0.05) is 31.3 Å². The van der Waals surface area contributed by atoms with Crippen LogP contribution < -0.4 is 4.90 Å². The Kier molecular flexibility index (Phi) is 8.41. The van der Waals surface area contributed by atoms with E-state index in [-0.39, 0.29) is 18.3 Å². The van der Waals surface area contributed by atoms with Crippen LogP contribution in [0.4, 0.5) is 5.13 Å². The van der Waals surface area contributed by atoms with Gasteiger partial charge in [0.2, 0.25) is 0 Å². The van der Waals surface area contributed by atoms with Gasteiger partial charge in [-0.2, -0.15) is 5.10 Å². The van der Waals surface area contributed by atoms with Crippen molar-refractivity contribution in [3.8, 4) is 0 Å². The molecule has 0 aliphatic rings. The first-order chi connectivity index (χ1) is 13.9. The van der Waals surface area contributed by atoms with Crippen LogP contribution in [0.15, 0.2) is 18.2 Å². The molecule has 2 heterocycles. The Morgan fingerprint density at radius 2 is 1.77 bits per heavy atom. The molecule has 0 atom stereocenters. The molecule has 0 saturated heterocycles. The highest BCUT2D eigenvalue weighted by Crippen LogP contribution is 2.32. The summed E-state index contributed by atoms with van der Waals surface area (Å²) < 4.78 is 2.98. The molecule has 0 N–H and O–H groups in total. The quantitative estimate of drug-likeness (QED) is 0.493. The molecule has 2 aromatic heterocycles. The van der Waals surface area contributed by atoms with Crippen LogP contribution in [-0.4, -0.2) is 51.8 Å². The number of fused-ring (bicyclic) bond motifs is 1. The van der Waals surface area contributed by atoms with Gasteiger partial charge in [-0.05, 0) is 64.0 Å². The van der Waals surface area contributed by atoms with E-state index in [2.05, 4.69) is 49.8 Å². The zero-order valence-electron chi connectivity index (χ0n) is 18.7. The number of nitrogens with zero attached hydrogens (tertiary/aromatic N) is 5. The van der Waals surface area contributed by atoms with Crippen LogP contribution in [0, 0.1) is 20.8 Å². The summed E-state index contributed by atoms with van der Waals surface area (Å²) in [6, 6.07) is 6.16. The van der Waals surface area contributed by atoms with Crippen molar-refractivity contribution in [3.05, 3.63) is 40.7 Å². The normalized spacial score (nSPS) is 11.2. The summed E-state index contributed by atoms with van der Waals surface area (Å²) in [7, 11) is 0. The molecule has 0 unspecified atom stereocenters. The average Bonchev–Trinajstić information content (AvgIpc) is 3.28. The van der Waals surface area contributed by atoms with Gasteiger partial charge in [0.1, 0.15) is 0 Å². The predicted octanol–water partition coefficient (Wildman–Crippen LogP) is 4.85. The van der Waals surface area contributed by atoms with E-state index in [1.807, 2.05) is 24.6 Å². The smallest absolute Gasteiger partial charge is 0.280 e. The number of hydrogen-bond donors (Lipinski definition) is 0. The SMILES string of the molecule is CCN(CC)CCN(C(=O)c1cc(C)n(CC)n1)c1nc2c(C)cc(C)cc2s1.Cl. The van der Waals surface area contributed by atoms with Gasteiger partial charge in [-0.25, -0.2) is 4.98 Å². The number of rotatable bonds is 8. The van der Waals surface area contributed by atoms with Crippen molar-refractivity contribution >= 4 is 45.0 Å². The number of likely N-dealkylation sites (N-methyl/N-ethyl adjacent to an activating group) is 1. The first-order valence-electron chi connectivity index (χ1n) is 10.3. The number of benzene rings is 1. The van der Waals surface area contributed by atoms with Crippen LogP contribution in [0.5, 0.6) is 0 Å². The first kappa shape index (κ1) is 24.3. The number of anilines is 1. The van der Waals surface area contributed by atoms with Crippen molar-refractivity contribution < 1.29 is 4.79 Å². The fourth-order valence-corrected chi connectivity index (χ4v) is 4.78. The van der Waals surface area contributed by atoms with Crippen molar-refractivity contribution in [2.24, 2.45) is 0 Å². The molecule has 30 heavy (non-hydrogen) atoms. The van der Waals surface area contributed by atoms with Crippen molar-refractivity contribution in [3.63, 3.8) is 0 Å². The largest absolute Gasteiger partial charge is 0.302 e. The molecule has 0 aliphatic carbocycles. The fraction of sp³-hybridized carbons (Fsp3) is 0.500. The second kappa shape index (κ2) is 10.4. The van der Waals surface area contributed by atoms with Gasteiger partial charge >= 0.3 is 0 Å². The second-order valence-electron chi connectivity index (χ2n) is 7.40. The third-order valence-corrected chi connectivity index (χ3v) is 6.35. The molecule has 0 bridgehead atoms. The summed E-state index contributed by atoms with van der Waals surface area (Å²) in [6.45, 7) is 16.5. The van der Waals surface area contributed by atoms with E-state index < -0.39 is 0 Å². The number of hydrogen-bond acceptors (Lipinski definition) is 5. The monoisotopic (exact) mass is 449 g/mol. The molecule has 0 aliphatic heterocycles. The van der Waals surface area contributed by atoms with Crippen LogP contribution >= 0.6 is 23.7 Å². The van der Waals surface area contributed by atoms with E-state index in [9.17, 15) is 4.79 Å². The highest BCUT2D eigenvalue weighted by molar-refractivity contribution is 7.22. The van der Waals surface area contributed by atoms with Crippen LogP contribution in [0.1, 0.15) is 48.1 Å². The van der Waals surface area contributed by atoms with Gasteiger partial charge in [0, 0.05) is 25.3 Å². The third-order valence-electron chi connectivity index (χ3n) is 5.33. The fourth-order valence-electron chi connectivity index (χ4n) is 3.61. The van der Waals surface area contributed by atoms with Gasteiger partial charge in [-0.15, -0.1) is 12.4 Å².